The summed E-state index contributed by atoms with van der Waals surface area (Å²) in [6, 6.07) is 6.44. The minimum absolute atomic E-state index is 0.309. The second-order valence-electron chi connectivity index (χ2n) is 3.83. The molecule has 0 spiro atoms. The highest BCUT2D eigenvalue weighted by molar-refractivity contribution is 5.23. The van der Waals surface area contributed by atoms with E-state index in [1.165, 1.54) is 6.07 Å². The zero-order chi connectivity index (χ0) is 11.8. The second-order valence-corrected chi connectivity index (χ2v) is 3.83. The van der Waals surface area contributed by atoms with Gasteiger partial charge in [0, 0.05) is 19.6 Å². The molecule has 0 radical (unpaired) electrons. The highest BCUT2D eigenvalue weighted by Gasteiger charge is 2.00. The van der Waals surface area contributed by atoms with Crippen molar-refractivity contribution in [3.63, 3.8) is 0 Å². The van der Waals surface area contributed by atoms with Gasteiger partial charge < -0.3 is 15.0 Å². The van der Waals surface area contributed by atoms with E-state index >= 15 is 0 Å². The van der Waals surface area contributed by atoms with Gasteiger partial charge in [-0.05, 0) is 26.2 Å². The third-order valence-electron chi connectivity index (χ3n) is 2.11. The summed E-state index contributed by atoms with van der Waals surface area (Å²) in [5.74, 6) is 0.00713. The smallest absolute Gasteiger partial charge is 0.165 e. The molecule has 0 aliphatic rings. The average molecular weight is 226 g/mol. The number of para-hydroxylation sites is 1. The van der Waals surface area contributed by atoms with Crippen LogP contribution < -0.4 is 10.1 Å². The third kappa shape index (κ3) is 5.09. The predicted molar refractivity (Wildman–Crippen MR) is 63.3 cm³/mol. The fourth-order valence-corrected chi connectivity index (χ4v) is 1.22. The quantitative estimate of drug-likeness (QED) is 0.710. The number of nitrogens with zero attached hydrogens (tertiary/aromatic N) is 1. The number of benzene rings is 1. The molecule has 0 bridgehead atoms. The van der Waals surface area contributed by atoms with Gasteiger partial charge in [0.05, 0.1) is 0 Å². The number of rotatable bonds is 7. The maximum Gasteiger partial charge on any atom is 0.165 e. The summed E-state index contributed by atoms with van der Waals surface area (Å²) in [5, 5.41) is 3.22. The van der Waals surface area contributed by atoms with Crippen LogP contribution >= 0.6 is 0 Å². The van der Waals surface area contributed by atoms with Crippen LogP contribution in [0.15, 0.2) is 24.3 Å². The van der Waals surface area contributed by atoms with Crippen molar-refractivity contribution in [2.24, 2.45) is 0 Å². The van der Waals surface area contributed by atoms with Crippen LogP contribution in [0.25, 0.3) is 0 Å². The molecule has 1 aromatic rings. The molecule has 16 heavy (non-hydrogen) atoms. The summed E-state index contributed by atoms with van der Waals surface area (Å²) < 4.78 is 18.4. The maximum absolute atomic E-state index is 13.1. The molecule has 90 valence electrons. The Morgan fingerprint density at radius 3 is 2.69 bits per heavy atom. The van der Waals surface area contributed by atoms with E-state index in [1.54, 1.807) is 18.2 Å². The van der Waals surface area contributed by atoms with E-state index in [1.807, 2.05) is 14.1 Å². The minimum Gasteiger partial charge on any atom is -0.489 e. The first-order valence-electron chi connectivity index (χ1n) is 5.43. The van der Waals surface area contributed by atoms with Gasteiger partial charge in [0.25, 0.3) is 0 Å². The Kier molecular flexibility index (Phi) is 5.82. The lowest BCUT2D eigenvalue weighted by molar-refractivity contribution is 0.294. The molecule has 0 aliphatic carbocycles. The molecule has 0 aliphatic heterocycles. The summed E-state index contributed by atoms with van der Waals surface area (Å²) >= 11 is 0. The van der Waals surface area contributed by atoms with Crippen molar-refractivity contribution < 1.29 is 9.13 Å². The standard InChI is InChI=1S/C12H19FN2O/c1-15(2)9-7-14-8-10-16-12-6-4-3-5-11(12)13/h3-6,14H,7-10H2,1-2H3. The lowest BCUT2D eigenvalue weighted by Gasteiger charge is -2.11. The monoisotopic (exact) mass is 226 g/mol. The van der Waals surface area contributed by atoms with Crippen LogP contribution in [0, 0.1) is 5.82 Å². The molecule has 1 aromatic carbocycles. The van der Waals surface area contributed by atoms with Gasteiger partial charge in [-0.2, -0.15) is 0 Å². The Bertz CT molecular complexity index is 305. The third-order valence-corrected chi connectivity index (χ3v) is 2.11. The molecule has 1 N–H and O–H groups in total. The molecule has 0 fully saturated rings. The highest BCUT2D eigenvalue weighted by atomic mass is 19.1. The van der Waals surface area contributed by atoms with Gasteiger partial charge >= 0.3 is 0 Å². The Labute approximate surface area is 96.2 Å². The van der Waals surface area contributed by atoms with Crippen molar-refractivity contribution in [1.29, 1.82) is 0 Å². The van der Waals surface area contributed by atoms with Crippen LogP contribution in [0.4, 0.5) is 4.39 Å². The molecule has 0 saturated carbocycles. The minimum atomic E-state index is -0.309. The average Bonchev–Trinajstić information content (AvgIpc) is 2.25. The largest absolute Gasteiger partial charge is 0.489 e. The predicted octanol–water partition coefficient (Wildman–Crippen LogP) is 1.36. The SMILES string of the molecule is CN(C)CCNCCOc1ccccc1F. The van der Waals surface area contributed by atoms with Gasteiger partial charge in [0.1, 0.15) is 6.61 Å². The van der Waals surface area contributed by atoms with Crippen LogP contribution in [0.3, 0.4) is 0 Å². The van der Waals surface area contributed by atoms with E-state index in [-0.39, 0.29) is 5.82 Å². The van der Waals surface area contributed by atoms with Gasteiger partial charge in [0.2, 0.25) is 0 Å². The molecule has 0 heterocycles. The van der Waals surface area contributed by atoms with Gasteiger partial charge in [-0.3, -0.25) is 0 Å². The molecular weight excluding hydrogens is 207 g/mol. The molecule has 0 saturated heterocycles. The van der Waals surface area contributed by atoms with Crippen LogP contribution in [0.2, 0.25) is 0 Å². The molecule has 0 aromatic heterocycles. The van der Waals surface area contributed by atoms with E-state index in [2.05, 4.69) is 10.2 Å². The topological polar surface area (TPSA) is 24.5 Å². The van der Waals surface area contributed by atoms with E-state index in [9.17, 15) is 4.39 Å². The van der Waals surface area contributed by atoms with E-state index in [4.69, 9.17) is 4.74 Å². The van der Waals surface area contributed by atoms with Gasteiger partial charge in [-0.15, -0.1) is 0 Å². The number of likely N-dealkylation sites (N-methyl/N-ethyl adjacent to an activating group) is 1. The molecule has 4 heteroatoms. The molecule has 0 amide bonds. The summed E-state index contributed by atoms with van der Waals surface area (Å²) in [5.41, 5.74) is 0. The number of hydrogen-bond donors (Lipinski definition) is 1. The van der Waals surface area contributed by atoms with Crippen LogP contribution in [-0.2, 0) is 0 Å². The zero-order valence-corrected chi connectivity index (χ0v) is 9.87. The lowest BCUT2D eigenvalue weighted by Crippen LogP contribution is -2.29. The molecular formula is C12H19FN2O. The Balaban J connectivity index is 2.10. The summed E-state index contributed by atoms with van der Waals surface area (Å²) in [6.07, 6.45) is 0. The molecule has 0 atom stereocenters. The molecule has 1 rings (SSSR count). The molecule has 3 nitrogen and oxygen atoms in total. The van der Waals surface area contributed by atoms with Crippen LogP contribution in [0.5, 0.6) is 5.75 Å². The Hall–Kier alpha value is -1.13. The van der Waals surface area contributed by atoms with Crippen molar-refractivity contribution in [3.8, 4) is 5.75 Å². The van der Waals surface area contributed by atoms with Gasteiger partial charge in [0.15, 0.2) is 11.6 Å². The Morgan fingerprint density at radius 1 is 1.25 bits per heavy atom. The number of hydrogen-bond acceptors (Lipinski definition) is 3. The van der Waals surface area contributed by atoms with Crippen molar-refractivity contribution in [1.82, 2.24) is 10.2 Å². The van der Waals surface area contributed by atoms with Crippen molar-refractivity contribution in [3.05, 3.63) is 30.1 Å². The first kappa shape index (κ1) is 12.9. The summed E-state index contributed by atoms with van der Waals surface area (Å²) in [4.78, 5) is 2.10. The zero-order valence-electron chi connectivity index (χ0n) is 9.87. The van der Waals surface area contributed by atoms with Crippen LogP contribution in [0.1, 0.15) is 0 Å². The number of nitrogens with one attached hydrogen (secondary N) is 1. The Morgan fingerprint density at radius 2 is 2.00 bits per heavy atom. The van der Waals surface area contributed by atoms with Crippen molar-refractivity contribution in [2.75, 3.05) is 40.3 Å². The fraction of sp³-hybridized carbons (Fsp3) is 0.500. The van der Waals surface area contributed by atoms with E-state index < -0.39 is 0 Å². The number of halogens is 1. The maximum atomic E-state index is 13.1. The summed E-state index contributed by atoms with van der Waals surface area (Å²) in [7, 11) is 4.05. The highest BCUT2D eigenvalue weighted by Crippen LogP contribution is 2.14. The van der Waals surface area contributed by atoms with E-state index in [0.717, 1.165) is 19.6 Å². The van der Waals surface area contributed by atoms with E-state index in [0.29, 0.717) is 12.4 Å². The second kappa shape index (κ2) is 7.19. The first-order chi connectivity index (χ1) is 7.70. The van der Waals surface area contributed by atoms with Crippen LogP contribution in [-0.4, -0.2) is 45.2 Å². The first-order valence-corrected chi connectivity index (χ1v) is 5.43. The normalized spacial score (nSPS) is 10.8. The van der Waals surface area contributed by atoms with Crippen molar-refractivity contribution >= 4 is 0 Å². The van der Waals surface area contributed by atoms with Crippen molar-refractivity contribution in [2.45, 2.75) is 0 Å². The van der Waals surface area contributed by atoms with Gasteiger partial charge in [-0.25, -0.2) is 4.39 Å². The fourth-order valence-electron chi connectivity index (χ4n) is 1.22. The number of ether oxygens (including phenoxy) is 1. The van der Waals surface area contributed by atoms with Gasteiger partial charge in [-0.1, -0.05) is 12.1 Å². The summed E-state index contributed by atoms with van der Waals surface area (Å²) in [6.45, 7) is 3.10. The lowest BCUT2D eigenvalue weighted by atomic mass is 10.3. The molecule has 0 unspecified atom stereocenters.